The zero-order valence-corrected chi connectivity index (χ0v) is 23.4. The third-order valence-corrected chi connectivity index (χ3v) is 12.5. The molecule has 2 heteroatoms. The van der Waals surface area contributed by atoms with Gasteiger partial charge in [-0.15, -0.1) is 6.92 Å². The van der Waals surface area contributed by atoms with Crippen molar-refractivity contribution in [1.29, 1.82) is 0 Å². The Morgan fingerprint density at radius 1 is 0.800 bits per heavy atom. The van der Waals surface area contributed by atoms with Crippen LogP contribution in [0.5, 0.6) is 0 Å². The number of benzene rings is 2. The van der Waals surface area contributed by atoms with Crippen LogP contribution in [0.25, 0.3) is 0 Å². The van der Waals surface area contributed by atoms with Crippen molar-refractivity contribution in [3.05, 3.63) is 105 Å². The van der Waals surface area contributed by atoms with Gasteiger partial charge in [-0.05, 0) is 13.8 Å². The maximum atomic E-state index is 3.96. The molecule has 0 saturated heterocycles. The summed E-state index contributed by atoms with van der Waals surface area (Å²) in [4.78, 5) is 0. The second-order valence-corrected chi connectivity index (χ2v) is 12.8. The van der Waals surface area contributed by atoms with Gasteiger partial charge in [0.15, 0.2) is 0 Å². The largest absolute Gasteiger partial charge is 4.00 e. The second-order valence-electron chi connectivity index (χ2n) is 8.13. The molecule has 2 aromatic rings. The molecule has 2 atom stereocenters. The normalized spacial score (nSPS) is 19.4. The first-order valence-corrected chi connectivity index (χ1v) is 11.9. The van der Waals surface area contributed by atoms with E-state index in [1.807, 2.05) is 0 Å². The second kappa shape index (κ2) is 11.5. The van der Waals surface area contributed by atoms with Gasteiger partial charge in [0.2, 0.25) is 0 Å². The molecule has 1 aliphatic rings. The molecule has 0 amide bonds. The fraction of sp³-hybridized carbons (Fsp3) is 0.321. The molecule has 1 aliphatic carbocycles. The van der Waals surface area contributed by atoms with Gasteiger partial charge < -0.3 is 22.3 Å². The summed E-state index contributed by atoms with van der Waals surface area (Å²) in [5, 5.41) is 3.04. The Hall–Kier alpha value is -1.15. The Bertz CT molecular complexity index is 874. The Kier molecular flexibility index (Phi) is 11.9. The predicted molar refractivity (Wildman–Crippen MR) is 136 cm³/mol. The summed E-state index contributed by atoms with van der Waals surface area (Å²) in [6, 6.07) is 19.6. The van der Waals surface area contributed by atoms with E-state index in [0.717, 1.165) is 0 Å². The van der Waals surface area contributed by atoms with E-state index in [0.29, 0.717) is 0 Å². The van der Waals surface area contributed by atoms with E-state index in [4.69, 9.17) is 0 Å². The summed E-state index contributed by atoms with van der Waals surface area (Å²) in [5.41, 5.74) is 6.99. The zero-order valence-electron chi connectivity index (χ0n) is 20.8. The molecular formula is C28H40SiTi. The van der Waals surface area contributed by atoms with Gasteiger partial charge in [0.05, 0.1) is 0 Å². The molecule has 160 valence electrons. The summed E-state index contributed by atoms with van der Waals surface area (Å²) in [6.07, 6.45) is 3.96. The van der Waals surface area contributed by atoms with E-state index in [1.165, 1.54) is 39.1 Å². The van der Waals surface area contributed by atoms with Crippen LogP contribution >= 0.6 is 0 Å². The van der Waals surface area contributed by atoms with E-state index in [-0.39, 0.29) is 49.0 Å². The van der Waals surface area contributed by atoms with Crippen molar-refractivity contribution in [2.45, 2.75) is 59.5 Å². The van der Waals surface area contributed by atoms with Gasteiger partial charge in [-0.3, -0.25) is 6.08 Å². The zero-order chi connectivity index (χ0) is 19.1. The van der Waals surface area contributed by atoms with E-state index < -0.39 is 8.07 Å². The van der Waals surface area contributed by atoms with Crippen molar-refractivity contribution in [2.75, 3.05) is 0 Å². The molecular weight excluding hydrogens is 412 g/mol. The first-order valence-electron chi connectivity index (χ1n) is 9.70. The van der Waals surface area contributed by atoms with Crippen LogP contribution in [0.3, 0.4) is 0 Å². The quantitative estimate of drug-likeness (QED) is 0.343. The van der Waals surface area contributed by atoms with Crippen LogP contribution in [0.1, 0.15) is 45.7 Å². The Labute approximate surface area is 203 Å². The standard InChI is InChI=1S/C25H31Si.3CH3.Ti/c1-8-26(23-12-10-9-11-13-23,24-15-18(2)14-19(3)16-24)25(7)17-20(4)21(5)22(25)6;;;;/h9-16H,8H2,1-7H3;3*1H3;/q4*-1;+4. The Morgan fingerprint density at radius 2 is 1.30 bits per heavy atom. The van der Waals surface area contributed by atoms with Crippen molar-refractivity contribution in [3.8, 4) is 0 Å². The van der Waals surface area contributed by atoms with Gasteiger partial charge in [0, 0.05) is 0 Å². The maximum Gasteiger partial charge on any atom is 4.00 e. The molecule has 0 radical (unpaired) electrons. The molecule has 0 N–H and O–H groups in total. The Balaban J connectivity index is 0. The van der Waals surface area contributed by atoms with E-state index in [2.05, 4.69) is 103 Å². The average molecular weight is 453 g/mol. The third-order valence-electron chi connectivity index (χ3n) is 6.68. The summed E-state index contributed by atoms with van der Waals surface area (Å²) < 4.78 is 0. The van der Waals surface area contributed by atoms with E-state index in [1.54, 1.807) is 5.19 Å². The van der Waals surface area contributed by atoms with E-state index in [9.17, 15) is 0 Å². The molecule has 0 heterocycles. The smallest absolute Gasteiger partial charge is 0.358 e. The summed E-state index contributed by atoms with van der Waals surface area (Å²) in [7, 11) is -2.11. The molecule has 30 heavy (non-hydrogen) atoms. The van der Waals surface area contributed by atoms with Gasteiger partial charge >= 0.3 is 21.7 Å². The predicted octanol–water partition coefficient (Wildman–Crippen LogP) is 7.09. The van der Waals surface area contributed by atoms with Crippen LogP contribution in [-0.2, 0) is 21.7 Å². The van der Waals surface area contributed by atoms with Crippen LogP contribution < -0.4 is 10.4 Å². The monoisotopic (exact) mass is 452 g/mol. The molecule has 0 fully saturated rings. The van der Waals surface area contributed by atoms with Gasteiger partial charge in [0.1, 0.15) is 8.07 Å². The Morgan fingerprint density at radius 3 is 1.70 bits per heavy atom. The van der Waals surface area contributed by atoms with Gasteiger partial charge in [-0.2, -0.15) is 11.1 Å². The molecule has 2 aromatic carbocycles. The minimum absolute atomic E-state index is 0. The van der Waals surface area contributed by atoms with Crippen LogP contribution in [-0.4, -0.2) is 8.07 Å². The topological polar surface area (TPSA) is 0 Å². The van der Waals surface area contributed by atoms with Crippen LogP contribution in [0.15, 0.2) is 65.3 Å². The van der Waals surface area contributed by atoms with Crippen molar-refractivity contribution in [2.24, 2.45) is 0 Å². The minimum Gasteiger partial charge on any atom is -0.358 e. The van der Waals surface area contributed by atoms with Crippen molar-refractivity contribution in [3.63, 3.8) is 0 Å². The molecule has 2 unspecified atom stereocenters. The fourth-order valence-electron chi connectivity index (χ4n) is 5.10. The van der Waals surface area contributed by atoms with Crippen molar-refractivity contribution < 1.29 is 21.7 Å². The minimum atomic E-state index is -2.11. The molecule has 0 aliphatic heterocycles. The molecule has 0 bridgehead atoms. The summed E-state index contributed by atoms with van der Waals surface area (Å²) in [5.74, 6) is 0. The van der Waals surface area contributed by atoms with Gasteiger partial charge in [-0.25, -0.2) is 5.57 Å². The number of rotatable bonds is 4. The molecule has 0 saturated carbocycles. The van der Waals surface area contributed by atoms with Crippen LogP contribution in [0, 0.1) is 42.2 Å². The van der Waals surface area contributed by atoms with Crippen molar-refractivity contribution >= 4 is 18.4 Å². The third kappa shape index (κ3) is 4.69. The van der Waals surface area contributed by atoms with Crippen LogP contribution in [0.2, 0.25) is 11.1 Å². The number of aryl methyl sites for hydroxylation is 2. The summed E-state index contributed by atoms with van der Waals surface area (Å²) >= 11 is 0. The average Bonchev–Trinajstić information content (AvgIpc) is 2.80. The first-order chi connectivity index (χ1) is 12.3. The number of hydrogen-bond donors (Lipinski definition) is 0. The maximum absolute atomic E-state index is 3.96. The van der Waals surface area contributed by atoms with Crippen molar-refractivity contribution in [1.82, 2.24) is 0 Å². The van der Waals surface area contributed by atoms with E-state index >= 15 is 0 Å². The number of allylic oxidation sites excluding steroid dienone is 4. The molecule has 0 spiro atoms. The van der Waals surface area contributed by atoms with Crippen LogP contribution in [0.4, 0.5) is 0 Å². The summed E-state index contributed by atoms with van der Waals surface area (Å²) in [6.45, 7) is 16.1. The fourth-order valence-corrected chi connectivity index (χ4v) is 11.0. The van der Waals surface area contributed by atoms with Gasteiger partial charge in [-0.1, -0.05) is 109 Å². The van der Waals surface area contributed by atoms with Gasteiger partial charge in [0.25, 0.3) is 0 Å². The molecule has 0 nitrogen and oxygen atoms in total. The molecule has 0 aromatic heterocycles. The number of hydrogen-bond acceptors (Lipinski definition) is 0. The SMILES string of the molecule is CC[Si](c1ccccc1)(c1cc(C)cc(C)c1)C1(C)[C-]=C(C)C(C)=C1C.[CH3-].[CH3-].[CH3-].[Ti+4]. The first kappa shape index (κ1) is 31.0. The molecule has 3 rings (SSSR count).